The molecule has 1 fully saturated rings. The third-order valence-electron chi connectivity index (χ3n) is 5.06. The van der Waals surface area contributed by atoms with E-state index in [0.29, 0.717) is 43.0 Å². The van der Waals surface area contributed by atoms with Crippen molar-refractivity contribution in [3.05, 3.63) is 47.0 Å². The number of likely N-dealkylation sites (tertiary alicyclic amines) is 1. The molecule has 3 heterocycles. The first kappa shape index (κ1) is 21.5. The predicted octanol–water partition coefficient (Wildman–Crippen LogP) is 1.07. The number of H-pyrrole nitrogens is 1. The van der Waals surface area contributed by atoms with Crippen LogP contribution in [0.2, 0.25) is 0 Å². The van der Waals surface area contributed by atoms with Crippen LogP contribution in [0.3, 0.4) is 0 Å². The SMILES string of the molecule is CNc1nccc(-c2c[nH]c(=O)c(N(C)C3CN(C(=O)/C=C/CNC(C)C)C3)c2)n1. The third-order valence-corrected chi connectivity index (χ3v) is 5.06. The highest BCUT2D eigenvalue weighted by Crippen LogP contribution is 2.23. The van der Waals surface area contributed by atoms with Gasteiger partial charge < -0.3 is 25.4 Å². The van der Waals surface area contributed by atoms with Crippen LogP contribution in [0.25, 0.3) is 11.3 Å². The van der Waals surface area contributed by atoms with Crippen molar-refractivity contribution in [1.82, 2.24) is 25.2 Å². The van der Waals surface area contributed by atoms with E-state index in [1.807, 2.05) is 24.1 Å². The summed E-state index contributed by atoms with van der Waals surface area (Å²) in [4.78, 5) is 39.7. The Kier molecular flexibility index (Phi) is 6.83. The number of carbonyl (C=O) groups excluding carboxylic acids is 1. The largest absolute Gasteiger partial charge is 0.364 e. The second-order valence-electron chi connectivity index (χ2n) is 7.59. The molecule has 3 rings (SSSR count). The maximum atomic E-state index is 12.4. The lowest BCUT2D eigenvalue weighted by molar-refractivity contribution is -0.130. The van der Waals surface area contributed by atoms with Crippen LogP contribution in [0, 0.1) is 0 Å². The molecule has 1 saturated heterocycles. The second-order valence-corrected chi connectivity index (χ2v) is 7.59. The number of hydrogen-bond donors (Lipinski definition) is 3. The first-order valence-electron chi connectivity index (χ1n) is 10.0. The molecule has 3 N–H and O–H groups in total. The Morgan fingerprint density at radius 3 is 2.90 bits per heavy atom. The number of hydrogen-bond acceptors (Lipinski definition) is 7. The maximum Gasteiger partial charge on any atom is 0.271 e. The zero-order valence-electron chi connectivity index (χ0n) is 17.8. The summed E-state index contributed by atoms with van der Waals surface area (Å²) in [6.07, 6.45) is 6.76. The van der Waals surface area contributed by atoms with Crippen LogP contribution in [-0.2, 0) is 4.79 Å². The van der Waals surface area contributed by atoms with Crippen LogP contribution in [0.15, 0.2) is 41.5 Å². The van der Waals surface area contributed by atoms with Gasteiger partial charge in [0.05, 0.1) is 11.7 Å². The van der Waals surface area contributed by atoms with Gasteiger partial charge in [-0.1, -0.05) is 19.9 Å². The van der Waals surface area contributed by atoms with Gasteiger partial charge in [-0.25, -0.2) is 9.97 Å². The minimum Gasteiger partial charge on any atom is -0.364 e. The number of nitrogens with zero attached hydrogens (tertiary/aromatic N) is 4. The van der Waals surface area contributed by atoms with E-state index >= 15 is 0 Å². The van der Waals surface area contributed by atoms with Crippen molar-refractivity contribution in [2.45, 2.75) is 25.9 Å². The summed E-state index contributed by atoms with van der Waals surface area (Å²) in [6.45, 7) is 5.96. The standard InChI is InChI=1S/C21H29N7O2/c1-14(2)23-8-5-6-19(29)28-12-16(13-28)27(4)18-10-15(11-25-20(18)30)17-7-9-24-21(22-3)26-17/h5-7,9-11,14,16,23H,8,12-13H2,1-4H3,(H,25,30)(H,22,24,26)/b6-5+. The Bertz CT molecular complexity index is 964. The Balaban J connectivity index is 1.64. The average molecular weight is 412 g/mol. The van der Waals surface area contributed by atoms with Gasteiger partial charge in [-0.05, 0) is 12.1 Å². The lowest BCUT2D eigenvalue weighted by atomic mass is 10.1. The number of anilines is 2. The van der Waals surface area contributed by atoms with E-state index in [1.54, 1.807) is 36.5 Å². The number of pyridine rings is 1. The minimum atomic E-state index is -0.173. The third kappa shape index (κ3) is 5.04. The van der Waals surface area contributed by atoms with Crippen LogP contribution in [0.5, 0.6) is 0 Å². The molecule has 0 aliphatic carbocycles. The van der Waals surface area contributed by atoms with Gasteiger partial charge >= 0.3 is 0 Å². The van der Waals surface area contributed by atoms with E-state index in [9.17, 15) is 9.59 Å². The van der Waals surface area contributed by atoms with Crippen LogP contribution >= 0.6 is 0 Å². The summed E-state index contributed by atoms with van der Waals surface area (Å²) >= 11 is 0. The summed E-state index contributed by atoms with van der Waals surface area (Å²) < 4.78 is 0. The molecule has 0 atom stereocenters. The molecular formula is C21H29N7O2. The van der Waals surface area contributed by atoms with Crippen molar-refractivity contribution < 1.29 is 4.79 Å². The van der Waals surface area contributed by atoms with E-state index < -0.39 is 0 Å². The van der Waals surface area contributed by atoms with Gasteiger partial charge in [0.25, 0.3) is 5.56 Å². The zero-order chi connectivity index (χ0) is 21.7. The average Bonchev–Trinajstić information content (AvgIpc) is 2.70. The van der Waals surface area contributed by atoms with Crippen LogP contribution in [0.4, 0.5) is 11.6 Å². The number of likely N-dealkylation sites (N-methyl/N-ethyl adjacent to an activating group) is 1. The number of nitrogens with one attached hydrogen (secondary N) is 3. The molecule has 0 aromatic carbocycles. The first-order valence-corrected chi connectivity index (χ1v) is 10.0. The molecule has 1 aliphatic heterocycles. The van der Waals surface area contributed by atoms with Gasteiger partial charge in [0, 0.05) is 63.8 Å². The lowest BCUT2D eigenvalue weighted by Gasteiger charge is -2.44. The molecule has 0 saturated carbocycles. The normalized spacial score (nSPS) is 14.2. The van der Waals surface area contributed by atoms with E-state index in [2.05, 4.69) is 39.4 Å². The van der Waals surface area contributed by atoms with Gasteiger partial charge in [0.2, 0.25) is 11.9 Å². The lowest BCUT2D eigenvalue weighted by Crippen LogP contribution is -2.60. The maximum absolute atomic E-state index is 12.4. The highest BCUT2D eigenvalue weighted by atomic mass is 16.2. The first-order chi connectivity index (χ1) is 14.4. The van der Waals surface area contributed by atoms with Crippen molar-refractivity contribution in [2.75, 3.05) is 43.9 Å². The van der Waals surface area contributed by atoms with E-state index in [4.69, 9.17) is 0 Å². The molecule has 0 spiro atoms. The molecule has 0 bridgehead atoms. The molecule has 1 aliphatic rings. The fraction of sp³-hybridized carbons (Fsp3) is 0.429. The molecule has 2 aromatic heterocycles. The van der Waals surface area contributed by atoms with Crippen molar-refractivity contribution in [1.29, 1.82) is 0 Å². The molecule has 0 radical (unpaired) electrons. The molecule has 30 heavy (non-hydrogen) atoms. The Hall–Kier alpha value is -3.20. The minimum absolute atomic E-state index is 0.00607. The van der Waals surface area contributed by atoms with Crippen LogP contribution in [-0.4, -0.2) is 71.6 Å². The zero-order valence-corrected chi connectivity index (χ0v) is 17.8. The van der Waals surface area contributed by atoms with Crippen LogP contribution < -0.4 is 21.1 Å². The van der Waals surface area contributed by atoms with Gasteiger partial charge in [0.1, 0.15) is 5.69 Å². The predicted molar refractivity (Wildman–Crippen MR) is 119 cm³/mol. The summed E-state index contributed by atoms with van der Waals surface area (Å²) in [5, 5.41) is 6.15. The monoisotopic (exact) mass is 411 g/mol. The molecule has 9 nitrogen and oxygen atoms in total. The number of amides is 1. The highest BCUT2D eigenvalue weighted by molar-refractivity contribution is 5.88. The van der Waals surface area contributed by atoms with Gasteiger partial charge in [0.15, 0.2) is 0 Å². The Morgan fingerprint density at radius 1 is 1.43 bits per heavy atom. The molecule has 1 amide bonds. The Morgan fingerprint density at radius 2 is 2.20 bits per heavy atom. The fourth-order valence-electron chi connectivity index (χ4n) is 3.17. The van der Waals surface area contributed by atoms with E-state index in [-0.39, 0.29) is 17.5 Å². The topological polar surface area (TPSA) is 106 Å². The molecule has 0 unspecified atom stereocenters. The van der Waals surface area contributed by atoms with Crippen molar-refractivity contribution >= 4 is 17.5 Å². The quantitative estimate of drug-likeness (QED) is 0.558. The van der Waals surface area contributed by atoms with E-state index in [1.165, 1.54) is 0 Å². The summed E-state index contributed by atoms with van der Waals surface area (Å²) in [5.41, 5.74) is 1.88. The smallest absolute Gasteiger partial charge is 0.271 e. The summed E-state index contributed by atoms with van der Waals surface area (Å²) in [7, 11) is 3.63. The van der Waals surface area contributed by atoms with Gasteiger partial charge in [-0.15, -0.1) is 0 Å². The number of rotatable bonds is 8. The second kappa shape index (κ2) is 9.53. The van der Waals surface area contributed by atoms with Crippen molar-refractivity contribution in [2.24, 2.45) is 0 Å². The van der Waals surface area contributed by atoms with Gasteiger partial charge in [-0.2, -0.15) is 0 Å². The summed E-state index contributed by atoms with van der Waals surface area (Å²) in [5.74, 6) is 0.506. The molecule has 160 valence electrons. The van der Waals surface area contributed by atoms with Crippen LogP contribution in [0.1, 0.15) is 13.8 Å². The number of aromatic nitrogens is 3. The van der Waals surface area contributed by atoms with Gasteiger partial charge in [-0.3, -0.25) is 9.59 Å². The molecular weight excluding hydrogens is 382 g/mol. The van der Waals surface area contributed by atoms with E-state index in [0.717, 1.165) is 5.56 Å². The number of carbonyl (C=O) groups is 1. The Labute approximate surface area is 176 Å². The molecule has 2 aromatic rings. The summed E-state index contributed by atoms with van der Waals surface area (Å²) in [6, 6.07) is 4.09. The highest BCUT2D eigenvalue weighted by Gasteiger charge is 2.33. The molecule has 9 heteroatoms. The van der Waals surface area contributed by atoms with Crippen molar-refractivity contribution in [3.63, 3.8) is 0 Å². The number of aromatic amines is 1. The fourth-order valence-corrected chi connectivity index (χ4v) is 3.17. The van der Waals surface area contributed by atoms with Crippen molar-refractivity contribution in [3.8, 4) is 11.3 Å².